The molecule has 0 aliphatic heterocycles. The summed E-state index contributed by atoms with van der Waals surface area (Å²) >= 11 is 0. The zero-order valence-electron chi connectivity index (χ0n) is 8.67. The molecular formula is C13H15NO. The van der Waals surface area contributed by atoms with Gasteiger partial charge in [-0.15, -0.1) is 0 Å². The minimum absolute atomic E-state index is 0.206. The molecular weight excluding hydrogens is 186 g/mol. The topological polar surface area (TPSA) is 29.4 Å². The van der Waals surface area contributed by atoms with Crippen LogP contribution in [0.5, 0.6) is 0 Å². The molecule has 2 aliphatic carbocycles. The number of rotatable bonds is 3. The van der Waals surface area contributed by atoms with Crippen molar-refractivity contribution < 1.29 is 0 Å². The second-order valence-corrected chi connectivity index (χ2v) is 3.95. The SMILES string of the molecule is O=NC(C1=CCCC=C1)C1C=CC=CC1. The van der Waals surface area contributed by atoms with Crippen LogP contribution in [0.15, 0.2) is 53.3 Å². The van der Waals surface area contributed by atoms with E-state index in [1.165, 1.54) is 0 Å². The molecule has 0 amide bonds. The minimum Gasteiger partial charge on any atom is -0.150 e. The summed E-state index contributed by atoms with van der Waals surface area (Å²) in [7, 11) is 0. The first-order chi connectivity index (χ1) is 7.42. The van der Waals surface area contributed by atoms with Gasteiger partial charge in [-0.1, -0.05) is 47.7 Å². The highest BCUT2D eigenvalue weighted by molar-refractivity contribution is 5.31. The summed E-state index contributed by atoms with van der Waals surface area (Å²) in [5.74, 6) is 0.237. The molecule has 0 radical (unpaired) electrons. The van der Waals surface area contributed by atoms with Crippen LogP contribution in [0, 0.1) is 10.8 Å². The van der Waals surface area contributed by atoms with Crippen LogP contribution in [-0.2, 0) is 0 Å². The lowest BCUT2D eigenvalue weighted by Gasteiger charge is -2.21. The molecule has 0 spiro atoms. The van der Waals surface area contributed by atoms with Gasteiger partial charge in [0.2, 0.25) is 0 Å². The normalized spacial score (nSPS) is 26.1. The van der Waals surface area contributed by atoms with Gasteiger partial charge in [0.05, 0.1) is 0 Å². The summed E-state index contributed by atoms with van der Waals surface area (Å²) in [6.07, 6.45) is 17.5. The Morgan fingerprint density at radius 3 is 2.80 bits per heavy atom. The first kappa shape index (κ1) is 10.1. The molecule has 15 heavy (non-hydrogen) atoms. The molecule has 2 atom stereocenters. The van der Waals surface area contributed by atoms with Gasteiger partial charge in [0.15, 0.2) is 0 Å². The Bertz CT molecular complexity index is 350. The lowest BCUT2D eigenvalue weighted by molar-refractivity contribution is 0.560. The van der Waals surface area contributed by atoms with Crippen molar-refractivity contribution >= 4 is 0 Å². The molecule has 0 aromatic heterocycles. The second-order valence-electron chi connectivity index (χ2n) is 3.95. The van der Waals surface area contributed by atoms with Crippen LogP contribution in [0.2, 0.25) is 0 Å². The Kier molecular flexibility index (Phi) is 3.28. The Labute approximate surface area is 90.0 Å². The van der Waals surface area contributed by atoms with Crippen LogP contribution in [0.3, 0.4) is 0 Å². The molecule has 0 heterocycles. The summed E-state index contributed by atoms with van der Waals surface area (Å²) in [6.45, 7) is 0. The summed E-state index contributed by atoms with van der Waals surface area (Å²) in [5, 5.41) is 3.28. The molecule has 78 valence electrons. The monoisotopic (exact) mass is 201 g/mol. The molecule has 2 nitrogen and oxygen atoms in total. The molecule has 0 fully saturated rings. The highest BCUT2D eigenvalue weighted by Crippen LogP contribution is 2.26. The quantitative estimate of drug-likeness (QED) is 0.642. The van der Waals surface area contributed by atoms with Crippen molar-refractivity contribution in [1.82, 2.24) is 0 Å². The van der Waals surface area contributed by atoms with Gasteiger partial charge in [-0.25, -0.2) is 0 Å². The van der Waals surface area contributed by atoms with Gasteiger partial charge in [0.1, 0.15) is 6.04 Å². The van der Waals surface area contributed by atoms with Crippen LogP contribution < -0.4 is 0 Å². The second kappa shape index (κ2) is 4.87. The number of nitrogens with zero attached hydrogens (tertiary/aromatic N) is 1. The fourth-order valence-corrected chi connectivity index (χ4v) is 2.07. The van der Waals surface area contributed by atoms with Crippen LogP contribution in [0.4, 0.5) is 0 Å². The van der Waals surface area contributed by atoms with Gasteiger partial charge in [-0.3, -0.25) is 0 Å². The average Bonchev–Trinajstić information content (AvgIpc) is 2.33. The summed E-state index contributed by atoms with van der Waals surface area (Å²) in [4.78, 5) is 10.9. The van der Waals surface area contributed by atoms with E-state index < -0.39 is 0 Å². The summed E-state index contributed by atoms with van der Waals surface area (Å²) < 4.78 is 0. The van der Waals surface area contributed by atoms with Gasteiger partial charge in [0.25, 0.3) is 0 Å². The number of nitroso groups, excluding NO2 is 1. The Balaban J connectivity index is 2.13. The van der Waals surface area contributed by atoms with Crippen LogP contribution in [0.1, 0.15) is 19.3 Å². The summed E-state index contributed by atoms with van der Waals surface area (Å²) in [6, 6.07) is -0.206. The Morgan fingerprint density at radius 1 is 1.27 bits per heavy atom. The van der Waals surface area contributed by atoms with E-state index in [-0.39, 0.29) is 12.0 Å². The number of hydrogen-bond donors (Lipinski definition) is 0. The zero-order chi connectivity index (χ0) is 10.5. The van der Waals surface area contributed by atoms with E-state index in [1.54, 1.807) is 0 Å². The maximum Gasteiger partial charge on any atom is 0.123 e. The molecule has 0 aromatic rings. The van der Waals surface area contributed by atoms with Gasteiger partial charge in [-0.05, 0) is 24.8 Å². The van der Waals surface area contributed by atoms with Crippen molar-refractivity contribution in [2.45, 2.75) is 25.3 Å². The first-order valence-electron chi connectivity index (χ1n) is 5.44. The summed E-state index contributed by atoms with van der Waals surface area (Å²) in [5.41, 5.74) is 1.08. The van der Waals surface area contributed by atoms with Gasteiger partial charge in [-0.2, -0.15) is 4.91 Å². The maximum absolute atomic E-state index is 10.9. The number of allylic oxidation sites excluding steroid dienone is 5. The minimum atomic E-state index is -0.206. The predicted octanol–water partition coefficient (Wildman–Crippen LogP) is 3.53. The lowest BCUT2D eigenvalue weighted by atomic mass is 9.86. The molecule has 2 heteroatoms. The van der Waals surface area contributed by atoms with Gasteiger partial charge >= 0.3 is 0 Å². The maximum atomic E-state index is 10.9. The van der Waals surface area contributed by atoms with Crippen LogP contribution >= 0.6 is 0 Å². The van der Waals surface area contributed by atoms with E-state index >= 15 is 0 Å². The molecule has 0 aromatic carbocycles. The standard InChI is InChI=1S/C13H15NO/c15-14-13(11-7-3-1-4-8-11)12-9-5-2-6-10-12/h1,3-5,7,9-11,13H,2,6,8H2. The van der Waals surface area contributed by atoms with E-state index in [0.717, 1.165) is 24.8 Å². The van der Waals surface area contributed by atoms with Crippen molar-refractivity contribution in [3.05, 3.63) is 53.0 Å². The van der Waals surface area contributed by atoms with E-state index in [0.29, 0.717) is 0 Å². The molecule has 0 bridgehead atoms. The average molecular weight is 201 g/mol. The van der Waals surface area contributed by atoms with E-state index in [9.17, 15) is 4.91 Å². The van der Waals surface area contributed by atoms with Crippen LogP contribution in [0.25, 0.3) is 0 Å². The molecule has 2 rings (SSSR count). The van der Waals surface area contributed by atoms with Crippen molar-refractivity contribution in [3.63, 3.8) is 0 Å². The Morgan fingerprint density at radius 2 is 2.20 bits per heavy atom. The fourth-order valence-electron chi connectivity index (χ4n) is 2.07. The van der Waals surface area contributed by atoms with Crippen molar-refractivity contribution in [2.24, 2.45) is 11.1 Å². The fraction of sp³-hybridized carbons (Fsp3) is 0.385. The van der Waals surface area contributed by atoms with Gasteiger partial charge < -0.3 is 0 Å². The first-order valence-corrected chi connectivity index (χ1v) is 5.44. The van der Waals surface area contributed by atoms with Crippen molar-refractivity contribution in [3.8, 4) is 0 Å². The van der Waals surface area contributed by atoms with Crippen molar-refractivity contribution in [2.75, 3.05) is 0 Å². The smallest absolute Gasteiger partial charge is 0.123 e. The van der Waals surface area contributed by atoms with E-state index in [2.05, 4.69) is 29.5 Å². The third-order valence-electron chi connectivity index (χ3n) is 2.90. The molecule has 2 aliphatic rings. The lowest BCUT2D eigenvalue weighted by Crippen LogP contribution is -2.19. The molecule has 0 saturated heterocycles. The van der Waals surface area contributed by atoms with Crippen LogP contribution in [-0.4, -0.2) is 6.04 Å². The van der Waals surface area contributed by atoms with Crippen molar-refractivity contribution in [1.29, 1.82) is 0 Å². The highest BCUT2D eigenvalue weighted by atomic mass is 16.3. The molecule has 0 saturated carbocycles. The van der Waals surface area contributed by atoms with E-state index in [4.69, 9.17) is 0 Å². The van der Waals surface area contributed by atoms with Gasteiger partial charge in [0, 0.05) is 5.92 Å². The number of hydrogen-bond acceptors (Lipinski definition) is 2. The zero-order valence-corrected chi connectivity index (χ0v) is 8.67. The molecule has 2 unspecified atom stereocenters. The third-order valence-corrected chi connectivity index (χ3v) is 2.90. The predicted molar refractivity (Wildman–Crippen MR) is 62.4 cm³/mol. The molecule has 0 N–H and O–H groups in total. The Hall–Kier alpha value is -1.44. The largest absolute Gasteiger partial charge is 0.150 e. The highest BCUT2D eigenvalue weighted by Gasteiger charge is 2.23. The third kappa shape index (κ3) is 2.32. The van der Waals surface area contributed by atoms with E-state index in [1.807, 2.05) is 18.2 Å².